The number of carbonyl (C=O) groups excluding carboxylic acids is 1. The van der Waals surface area contributed by atoms with E-state index in [1.165, 1.54) is 11.3 Å². The molecule has 1 heterocycles. The number of amides is 1. The van der Waals surface area contributed by atoms with Crippen molar-refractivity contribution >= 4 is 46.5 Å². The Balaban J connectivity index is 1.48. The SMILES string of the molecule is O=C(Nc1ccc(Sc2nncs2)cc1)C(Sc1ccccc1)c1ccccc1. The molecule has 144 valence electrons. The molecule has 0 aliphatic rings. The van der Waals surface area contributed by atoms with E-state index in [0.29, 0.717) is 0 Å². The van der Waals surface area contributed by atoms with Crippen molar-refractivity contribution in [1.82, 2.24) is 10.2 Å². The first kappa shape index (κ1) is 19.7. The lowest BCUT2D eigenvalue weighted by atomic mass is 10.1. The summed E-state index contributed by atoms with van der Waals surface area (Å²) in [5.74, 6) is -0.0467. The van der Waals surface area contributed by atoms with E-state index in [-0.39, 0.29) is 11.2 Å². The number of hydrogen-bond donors (Lipinski definition) is 1. The lowest BCUT2D eigenvalue weighted by molar-refractivity contribution is -0.115. The molecule has 7 heteroatoms. The molecule has 0 aliphatic carbocycles. The third kappa shape index (κ3) is 5.47. The molecule has 0 fully saturated rings. The van der Waals surface area contributed by atoms with Gasteiger partial charge in [-0.25, -0.2) is 0 Å². The van der Waals surface area contributed by atoms with Crippen molar-refractivity contribution < 1.29 is 4.79 Å². The molecular weight excluding hydrogens is 418 g/mol. The number of aromatic nitrogens is 2. The second-order valence-corrected chi connectivity index (χ2v) is 9.37. The van der Waals surface area contributed by atoms with Crippen LogP contribution in [-0.4, -0.2) is 16.1 Å². The molecule has 4 aromatic rings. The van der Waals surface area contributed by atoms with Crippen LogP contribution in [0.2, 0.25) is 0 Å². The number of anilines is 1. The molecule has 1 atom stereocenters. The molecule has 0 spiro atoms. The molecule has 4 nitrogen and oxygen atoms in total. The second kappa shape index (κ2) is 9.73. The average Bonchev–Trinajstić information content (AvgIpc) is 3.28. The number of hydrogen-bond acceptors (Lipinski definition) is 6. The van der Waals surface area contributed by atoms with Crippen molar-refractivity contribution in [2.45, 2.75) is 19.4 Å². The molecule has 1 N–H and O–H groups in total. The van der Waals surface area contributed by atoms with E-state index in [1.807, 2.05) is 84.9 Å². The summed E-state index contributed by atoms with van der Waals surface area (Å²) < 4.78 is 0.894. The lowest BCUT2D eigenvalue weighted by Gasteiger charge is -2.17. The Hall–Kier alpha value is -2.61. The molecule has 0 saturated carbocycles. The van der Waals surface area contributed by atoms with Gasteiger partial charge in [0, 0.05) is 15.5 Å². The third-order valence-electron chi connectivity index (χ3n) is 4.00. The Kier molecular flexibility index (Phi) is 6.61. The van der Waals surface area contributed by atoms with E-state index in [1.54, 1.807) is 29.0 Å². The van der Waals surface area contributed by atoms with Crippen LogP contribution >= 0.6 is 34.9 Å². The van der Waals surface area contributed by atoms with E-state index in [0.717, 1.165) is 25.4 Å². The van der Waals surface area contributed by atoms with Gasteiger partial charge < -0.3 is 5.32 Å². The molecular formula is C22H17N3OS3. The fourth-order valence-electron chi connectivity index (χ4n) is 2.66. The molecule has 3 aromatic carbocycles. The second-order valence-electron chi connectivity index (χ2n) is 6.04. The van der Waals surface area contributed by atoms with Gasteiger partial charge in [0.1, 0.15) is 10.8 Å². The fourth-order valence-corrected chi connectivity index (χ4v) is 5.15. The normalized spacial score (nSPS) is 11.7. The minimum absolute atomic E-state index is 0.0467. The Labute approximate surface area is 181 Å². The van der Waals surface area contributed by atoms with Crippen LogP contribution in [-0.2, 0) is 4.79 Å². The van der Waals surface area contributed by atoms with Crippen molar-refractivity contribution in [2.24, 2.45) is 0 Å². The molecule has 0 bridgehead atoms. The maximum Gasteiger partial charge on any atom is 0.242 e. The summed E-state index contributed by atoms with van der Waals surface area (Å²) in [5, 5.41) is 10.6. The molecule has 29 heavy (non-hydrogen) atoms. The zero-order valence-electron chi connectivity index (χ0n) is 15.3. The fraction of sp³-hybridized carbons (Fsp3) is 0.0455. The van der Waals surface area contributed by atoms with Crippen molar-refractivity contribution in [3.05, 3.63) is 96.0 Å². The summed E-state index contributed by atoms with van der Waals surface area (Å²) in [6.45, 7) is 0. The van der Waals surface area contributed by atoms with Gasteiger partial charge in [-0.3, -0.25) is 4.79 Å². The third-order valence-corrected chi connectivity index (χ3v) is 7.06. The number of carbonyl (C=O) groups is 1. The smallest absolute Gasteiger partial charge is 0.242 e. The zero-order chi connectivity index (χ0) is 19.9. The maximum absolute atomic E-state index is 13.1. The monoisotopic (exact) mass is 435 g/mol. The van der Waals surface area contributed by atoms with Gasteiger partial charge in [0.25, 0.3) is 0 Å². The predicted molar refractivity (Wildman–Crippen MR) is 121 cm³/mol. The first-order valence-corrected chi connectivity index (χ1v) is 11.5. The van der Waals surface area contributed by atoms with Gasteiger partial charge in [-0.15, -0.1) is 22.0 Å². The van der Waals surface area contributed by atoms with Gasteiger partial charge in [0.2, 0.25) is 5.91 Å². The molecule has 0 radical (unpaired) electrons. The molecule has 1 unspecified atom stereocenters. The summed E-state index contributed by atoms with van der Waals surface area (Å²) in [6.07, 6.45) is 0. The van der Waals surface area contributed by atoms with Crippen molar-refractivity contribution in [2.75, 3.05) is 5.32 Å². The Bertz CT molecular complexity index is 1040. The highest BCUT2D eigenvalue weighted by Gasteiger charge is 2.22. The van der Waals surface area contributed by atoms with Crippen LogP contribution < -0.4 is 5.32 Å². The summed E-state index contributed by atoms with van der Waals surface area (Å²) in [5.41, 5.74) is 3.46. The molecule has 0 aliphatic heterocycles. The van der Waals surface area contributed by atoms with E-state index < -0.39 is 0 Å². The van der Waals surface area contributed by atoms with Crippen LogP contribution in [0, 0.1) is 0 Å². The van der Waals surface area contributed by atoms with E-state index in [9.17, 15) is 4.79 Å². The Morgan fingerprint density at radius 3 is 2.21 bits per heavy atom. The van der Waals surface area contributed by atoms with Crippen LogP contribution in [0.3, 0.4) is 0 Å². The summed E-state index contributed by atoms with van der Waals surface area (Å²) in [6, 6.07) is 27.6. The van der Waals surface area contributed by atoms with Crippen LogP contribution in [0.15, 0.2) is 105 Å². The van der Waals surface area contributed by atoms with E-state index >= 15 is 0 Å². The highest BCUT2D eigenvalue weighted by atomic mass is 32.2. The first-order valence-electron chi connectivity index (χ1n) is 8.89. The van der Waals surface area contributed by atoms with Crippen LogP contribution in [0.4, 0.5) is 5.69 Å². The number of thioether (sulfide) groups is 1. The average molecular weight is 436 g/mol. The van der Waals surface area contributed by atoms with Crippen LogP contribution in [0.1, 0.15) is 10.8 Å². The molecule has 1 aromatic heterocycles. The minimum Gasteiger partial charge on any atom is -0.325 e. The lowest BCUT2D eigenvalue weighted by Crippen LogP contribution is -2.19. The summed E-state index contributed by atoms with van der Waals surface area (Å²) >= 11 is 4.60. The number of rotatable bonds is 7. The Morgan fingerprint density at radius 1 is 0.862 bits per heavy atom. The topological polar surface area (TPSA) is 54.9 Å². The van der Waals surface area contributed by atoms with Crippen molar-refractivity contribution in [1.29, 1.82) is 0 Å². The Morgan fingerprint density at radius 2 is 1.55 bits per heavy atom. The van der Waals surface area contributed by atoms with Gasteiger partial charge in [0.15, 0.2) is 4.34 Å². The van der Waals surface area contributed by atoms with Crippen LogP contribution in [0.5, 0.6) is 0 Å². The standard InChI is InChI=1S/C22H17N3OS3/c26-21(24-17-11-13-19(14-12-17)29-22-25-23-15-27-22)20(16-7-3-1-4-8-16)28-18-9-5-2-6-10-18/h1-15,20H,(H,24,26). The van der Waals surface area contributed by atoms with Gasteiger partial charge >= 0.3 is 0 Å². The van der Waals surface area contributed by atoms with Crippen molar-refractivity contribution in [3.63, 3.8) is 0 Å². The van der Waals surface area contributed by atoms with Crippen molar-refractivity contribution in [3.8, 4) is 0 Å². The molecule has 1 amide bonds. The highest BCUT2D eigenvalue weighted by molar-refractivity contribution is 8.01. The minimum atomic E-state index is -0.339. The van der Waals surface area contributed by atoms with E-state index in [4.69, 9.17) is 0 Å². The summed E-state index contributed by atoms with van der Waals surface area (Å²) in [7, 11) is 0. The summed E-state index contributed by atoms with van der Waals surface area (Å²) in [4.78, 5) is 15.2. The quantitative estimate of drug-likeness (QED) is 0.352. The van der Waals surface area contributed by atoms with Gasteiger partial charge in [-0.2, -0.15) is 0 Å². The number of nitrogens with one attached hydrogen (secondary N) is 1. The first-order chi connectivity index (χ1) is 14.3. The van der Waals surface area contributed by atoms with Gasteiger partial charge in [-0.1, -0.05) is 71.6 Å². The van der Waals surface area contributed by atoms with E-state index in [2.05, 4.69) is 15.5 Å². The zero-order valence-corrected chi connectivity index (χ0v) is 17.7. The van der Waals surface area contributed by atoms with Crippen LogP contribution in [0.25, 0.3) is 0 Å². The molecule has 4 rings (SSSR count). The molecule has 0 saturated heterocycles. The number of benzene rings is 3. The highest BCUT2D eigenvalue weighted by Crippen LogP contribution is 2.36. The van der Waals surface area contributed by atoms with Gasteiger partial charge in [0.05, 0.1) is 0 Å². The number of nitrogens with zero attached hydrogens (tertiary/aromatic N) is 2. The largest absolute Gasteiger partial charge is 0.325 e. The van der Waals surface area contributed by atoms with Gasteiger partial charge in [-0.05, 0) is 42.0 Å². The maximum atomic E-state index is 13.1. The predicted octanol–water partition coefficient (Wildman–Crippen LogP) is 6.16.